The van der Waals surface area contributed by atoms with Crippen molar-refractivity contribution < 1.29 is 13.9 Å². The highest BCUT2D eigenvalue weighted by atomic mass is 16.5. The predicted octanol–water partition coefficient (Wildman–Crippen LogP) is 0.445. The number of hydrogen-bond donors (Lipinski definition) is 2. The van der Waals surface area contributed by atoms with Crippen LogP contribution >= 0.6 is 0 Å². The number of H-pyrrole nitrogens is 1. The van der Waals surface area contributed by atoms with E-state index in [2.05, 4.69) is 30.6 Å². The standard InChI is InChI=1S/C16H22N6O3/c1-11-19-21-15(25-11)22-5-3-16(9-22)7-13(24-10-16)8-17-14(23)6-12-2-4-18-20-12/h2,4,13H,3,5-10H2,1H3,(H,17,23)(H,18,20). The van der Waals surface area contributed by atoms with Crippen LogP contribution in [0.1, 0.15) is 24.4 Å². The second kappa shape index (κ2) is 6.47. The number of nitrogens with one attached hydrogen (secondary N) is 2. The number of amides is 1. The molecular formula is C16H22N6O3. The van der Waals surface area contributed by atoms with Crippen LogP contribution in [0.5, 0.6) is 0 Å². The average Bonchev–Trinajstić information content (AvgIpc) is 3.36. The Morgan fingerprint density at radius 3 is 3.20 bits per heavy atom. The number of aromatic amines is 1. The number of hydrogen-bond acceptors (Lipinski definition) is 7. The van der Waals surface area contributed by atoms with Gasteiger partial charge in [-0.2, -0.15) is 5.10 Å². The fourth-order valence-electron chi connectivity index (χ4n) is 3.67. The van der Waals surface area contributed by atoms with Gasteiger partial charge in [-0.25, -0.2) is 0 Å². The number of ether oxygens (including phenoxy) is 1. The van der Waals surface area contributed by atoms with Crippen molar-refractivity contribution in [1.29, 1.82) is 0 Å². The fraction of sp³-hybridized carbons (Fsp3) is 0.625. The van der Waals surface area contributed by atoms with Crippen molar-refractivity contribution in [2.45, 2.75) is 32.3 Å². The lowest BCUT2D eigenvalue weighted by molar-refractivity contribution is -0.121. The number of carbonyl (C=O) groups excluding carboxylic acids is 1. The van der Waals surface area contributed by atoms with Gasteiger partial charge in [0.15, 0.2) is 0 Å². The zero-order valence-electron chi connectivity index (χ0n) is 14.2. The Morgan fingerprint density at radius 1 is 1.52 bits per heavy atom. The first-order valence-corrected chi connectivity index (χ1v) is 8.54. The molecule has 2 aliphatic heterocycles. The maximum Gasteiger partial charge on any atom is 0.318 e. The minimum atomic E-state index is -0.0248. The van der Waals surface area contributed by atoms with E-state index in [1.807, 2.05) is 0 Å². The monoisotopic (exact) mass is 346 g/mol. The maximum absolute atomic E-state index is 12.0. The van der Waals surface area contributed by atoms with E-state index in [-0.39, 0.29) is 17.4 Å². The first kappa shape index (κ1) is 16.1. The Kier molecular flexibility index (Phi) is 4.16. The van der Waals surface area contributed by atoms with Crippen molar-refractivity contribution in [3.63, 3.8) is 0 Å². The van der Waals surface area contributed by atoms with Crippen molar-refractivity contribution in [2.24, 2.45) is 5.41 Å². The molecule has 0 aromatic carbocycles. The van der Waals surface area contributed by atoms with Crippen LogP contribution in [-0.2, 0) is 16.0 Å². The SMILES string of the molecule is Cc1nnc(N2CCC3(COC(CNC(=O)Cc4ccn[nH]4)C3)C2)o1. The second-order valence-corrected chi connectivity index (χ2v) is 6.98. The highest BCUT2D eigenvalue weighted by Crippen LogP contribution is 2.42. The Morgan fingerprint density at radius 2 is 2.44 bits per heavy atom. The van der Waals surface area contributed by atoms with Crippen molar-refractivity contribution >= 4 is 11.9 Å². The number of carbonyl (C=O) groups is 1. The lowest BCUT2D eigenvalue weighted by atomic mass is 9.85. The topological polar surface area (TPSA) is 109 Å². The Labute approximate surface area is 145 Å². The number of anilines is 1. The molecule has 4 rings (SSSR count). The lowest BCUT2D eigenvalue weighted by Gasteiger charge is -2.21. The van der Waals surface area contributed by atoms with E-state index >= 15 is 0 Å². The predicted molar refractivity (Wildman–Crippen MR) is 88.0 cm³/mol. The minimum absolute atomic E-state index is 0.0248. The maximum atomic E-state index is 12.0. The summed E-state index contributed by atoms with van der Waals surface area (Å²) in [5.41, 5.74) is 0.920. The Bertz CT molecular complexity index is 730. The van der Waals surface area contributed by atoms with E-state index in [1.54, 1.807) is 19.2 Å². The van der Waals surface area contributed by atoms with Crippen molar-refractivity contribution in [3.8, 4) is 0 Å². The molecule has 0 bridgehead atoms. The molecule has 0 saturated carbocycles. The summed E-state index contributed by atoms with van der Waals surface area (Å²) in [5, 5.41) is 17.6. The van der Waals surface area contributed by atoms with E-state index in [9.17, 15) is 4.79 Å². The third-order valence-electron chi connectivity index (χ3n) is 4.95. The third-order valence-corrected chi connectivity index (χ3v) is 4.95. The van der Waals surface area contributed by atoms with Crippen LogP contribution in [0.4, 0.5) is 6.01 Å². The second-order valence-electron chi connectivity index (χ2n) is 6.98. The van der Waals surface area contributed by atoms with Crippen LogP contribution in [0.3, 0.4) is 0 Å². The number of rotatable bonds is 5. The van der Waals surface area contributed by atoms with Gasteiger partial charge in [0.1, 0.15) is 0 Å². The van der Waals surface area contributed by atoms with E-state index in [4.69, 9.17) is 9.15 Å². The molecule has 0 aliphatic carbocycles. The molecule has 9 heteroatoms. The summed E-state index contributed by atoms with van der Waals surface area (Å²) in [6.45, 7) is 4.78. The molecule has 1 spiro atoms. The molecule has 0 radical (unpaired) electrons. The molecule has 2 atom stereocenters. The average molecular weight is 346 g/mol. The van der Waals surface area contributed by atoms with Gasteiger partial charge in [0.25, 0.3) is 0 Å². The Hall–Kier alpha value is -2.42. The summed E-state index contributed by atoms with van der Waals surface area (Å²) < 4.78 is 11.5. The highest BCUT2D eigenvalue weighted by molar-refractivity contribution is 5.78. The molecule has 2 unspecified atom stereocenters. The van der Waals surface area contributed by atoms with Crippen LogP contribution in [0.15, 0.2) is 16.7 Å². The first-order chi connectivity index (χ1) is 12.1. The Balaban J connectivity index is 1.26. The molecule has 2 aliphatic rings. The number of aryl methyl sites for hydroxylation is 1. The van der Waals surface area contributed by atoms with Crippen molar-refractivity contribution in [1.82, 2.24) is 25.7 Å². The van der Waals surface area contributed by atoms with Crippen molar-refractivity contribution in [2.75, 3.05) is 31.1 Å². The van der Waals surface area contributed by atoms with Crippen LogP contribution in [-0.4, -0.2) is 58.6 Å². The van der Waals surface area contributed by atoms with Gasteiger partial charge in [-0.3, -0.25) is 9.89 Å². The zero-order valence-corrected chi connectivity index (χ0v) is 14.2. The summed E-state index contributed by atoms with van der Waals surface area (Å²) in [6, 6.07) is 2.39. The van der Waals surface area contributed by atoms with Crippen LogP contribution in [0.2, 0.25) is 0 Å². The van der Waals surface area contributed by atoms with Gasteiger partial charge >= 0.3 is 6.01 Å². The number of aromatic nitrogens is 4. The fourth-order valence-corrected chi connectivity index (χ4v) is 3.67. The third kappa shape index (κ3) is 3.51. The van der Waals surface area contributed by atoms with Gasteiger partial charge in [-0.1, -0.05) is 5.10 Å². The molecule has 25 heavy (non-hydrogen) atoms. The highest BCUT2D eigenvalue weighted by Gasteiger charge is 2.46. The molecule has 2 fully saturated rings. The van der Waals surface area contributed by atoms with Crippen LogP contribution in [0.25, 0.3) is 0 Å². The molecule has 2 aromatic heterocycles. The van der Waals surface area contributed by atoms with Gasteiger partial charge in [0, 0.05) is 43.9 Å². The molecule has 2 saturated heterocycles. The normalized spacial score (nSPS) is 25.8. The lowest BCUT2D eigenvalue weighted by Crippen LogP contribution is -2.34. The molecular weight excluding hydrogens is 324 g/mol. The summed E-state index contributed by atoms with van der Waals surface area (Å²) in [5.74, 6) is 0.555. The molecule has 2 N–H and O–H groups in total. The molecule has 4 heterocycles. The van der Waals surface area contributed by atoms with Gasteiger partial charge in [-0.05, 0) is 18.9 Å². The quantitative estimate of drug-likeness (QED) is 0.809. The van der Waals surface area contributed by atoms with E-state index in [0.29, 0.717) is 31.5 Å². The first-order valence-electron chi connectivity index (χ1n) is 8.54. The smallest absolute Gasteiger partial charge is 0.318 e. The van der Waals surface area contributed by atoms with Gasteiger partial charge in [-0.15, -0.1) is 5.10 Å². The van der Waals surface area contributed by atoms with Gasteiger partial charge in [0.05, 0.1) is 19.1 Å². The van der Waals surface area contributed by atoms with Crippen LogP contribution < -0.4 is 10.2 Å². The molecule has 2 aromatic rings. The summed E-state index contributed by atoms with van der Waals surface area (Å²) >= 11 is 0. The van der Waals surface area contributed by atoms with Crippen LogP contribution in [0, 0.1) is 12.3 Å². The summed E-state index contributed by atoms with van der Waals surface area (Å²) in [6.07, 6.45) is 3.97. The molecule has 134 valence electrons. The molecule has 9 nitrogen and oxygen atoms in total. The van der Waals surface area contributed by atoms with Gasteiger partial charge < -0.3 is 19.4 Å². The van der Waals surface area contributed by atoms with Crippen molar-refractivity contribution in [3.05, 3.63) is 23.8 Å². The summed E-state index contributed by atoms with van der Waals surface area (Å²) in [4.78, 5) is 14.1. The zero-order chi connectivity index (χ0) is 17.3. The largest absolute Gasteiger partial charge is 0.408 e. The molecule has 1 amide bonds. The van der Waals surface area contributed by atoms with E-state index in [0.717, 1.165) is 31.6 Å². The van der Waals surface area contributed by atoms with E-state index < -0.39 is 0 Å². The minimum Gasteiger partial charge on any atom is -0.408 e. The number of nitrogens with zero attached hydrogens (tertiary/aromatic N) is 4. The van der Waals surface area contributed by atoms with Gasteiger partial charge in [0.2, 0.25) is 11.8 Å². The van der Waals surface area contributed by atoms with E-state index in [1.165, 1.54) is 0 Å². The summed E-state index contributed by atoms with van der Waals surface area (Å²) in [7, 11) is 0.